The van der Waals surface area contributed by atoms with Crippen LogP contribution in [-0.2, 0) is 16.0 Å². The summed E-state index contributed by atoms with van der Waals surface area (Å²) in [6, 6.07) is 1.12. The van der Waals surface area contributed by atoms with E-state index in [9.17, 15) is 18.0 Å². The van der Waals surface area contributed by atoms with Gasteiger partial charge in [0.1, 0.15) is 17.5 Å². The minimum Gasteiger partial charge on any atom is -0.466 e. The van der Waals surface area contributed by atoms with E-state index in [1.54, 1.807) is 12.3 Å². The van der Waals surface area contributed by atoms with Crippen molar-refractivity contribution in [1.29, 1.82) is 0 Å². The molecule has 0 aliphatic rings. The molecule has 23 heavy (non-hydrogen) atoms. The number of rotatable bonds is 6. The predicted octanol–water partition coefficient (Wildman–Crippen LogP) is 3.11. The molecule has 2 rings (SSSR count). The molecule has 0 atom stereocenters. The second-order valence-corrected chi connectivity index (χ2v) is 5.14. The number of nitrogens with zero attached hydrogens (tertiary/aromatic N) is 2. The molecule has 1 N–H and O–H groups in total. The number of benzene rings is 1. The number of hydrogen-bond donors (Lipinski definition) is 1. The highest BCUT2D eigenvalue weighted by Gasteiger charge is 2.10. The van der Waals surface area contributed by atoms with Crippen LogP contribution in [0, 0.1) is 17.5 Å². The zero-order valence-electron chi connectivity index (χ0n) is 12.0. The van der Waals surface area contributed by atoms with Crippen LogP contribution < -0.4 is 5.43 Å². The highest BCUT2D eigenvalue weighted by Crippen LogP contribution is 2.17. The number of halogens is 3. The van der Waals surface area contributed by atoms with Crippen molar-refractivity contribution in [2.45, 2.75) is 13.3 Å². The first-order chi connectivity index (χ1) is 11.0. The lowest BCUT2D eigenvalue weighted by molar-refractivity contribution is -0.142. The van der Waals surface area contributed by atoms with Crippen LogP contribution in [0.4, 0.5) is 18.3 Å². The van der Waals surface area contributed by atoms with Crippen molar-refractivity contribution in [2.24, 2.45) is 5.10 Å². The Hall–Kier alpha value is -2.42. The molecule has 0 amide bonds. The minimum absolute atomic E-state index is 0.0248. The number of carbonyl (C=O) groups is 1. The van der Waals surface area contributed by atoms with E-state index in [2.05, 4.69) is 15.5 Å². The molecular formula is C14H12F3N3O2S. The molecule has 0 spiro atoms. The Kier molecular flexibility index (Phi) is 5.69. The molecule has 0 saturated heterocycles. The Bertz CT molecular complexity index is 711. The molecule has 0 unspecified atom stereocenters. The normalized spacial score (nSPS) is 11.0. The summed E-state index contributed by atoms with van der Waals surface area (Å²) in [5.41, 5.74) is 2.51. The number of aromatic nitrogens is 1. The first-order valence-electron chi connectivity index (χ1n) is 6.53. The van der Waals surface area contributed by atoms with Crippen molar-refractivity contribution in [1.82, 2.24) is 4.98 Å². The van der Waals surface area contributed by atoms with E-state index in [-0.39, 0.29) is 13.0 Å². The summed E-state index contributed by atoms with van der Waals surface area (Å²) in [5, 5.41) is 5.62. The molecule has 2 aromatic rings. The average Bonchev–Trinajstić information content (AvgIpc) is 2.89. The summed E-state index contributed by atoms with van der Waals surface area (Å²) in [4.78, 5) is 15.4. The van der Waals surface area contributed by atoms with E-state index in [0.29, 0.717) is 23.0 Å². The van der Waals surface area contributed by atoms with Crippen molar-refractivity contribution in [2.75, 3.05) is 12.0 Å². The van der Waals surface area contributed by atoms with Crippen LogP contribution >= 0.6 is 11.3 Å². The van der Waals surface area contributed by atoms with Crippen LogP contribution in [-0.4, -0.2) is 23.8 Å². The summed E-state index contributed by atoms with van der Waals surface area (Å²) in [6.07, 6.45) is 0.910. The van der Waals surface area contributed by atoms with Gasteiger partial charge in [0.2, 0.25) is 5.13 Å². The second kappa shape index (κ2) is 7.73. The van der Waals surface area contributed by atoms with E-state index >= 15 is 0 Å². The molecule has 0 bridgehead atoms. The molecule has 0 saturated carbocycles. The Labute approximate surface area is 133 Å². The molecule has 9 heteroatoms. The summed E-state index contributed by atoms with van der Waals surface area (Å²) in [6.45, 7) is 1.99. The fraction of sp³-hybridized carbons (Fsp3) is 0.214. The standard InChI is InChI=1S/C14H12F3N3O2S/c1-2-22-13(21)5-9-7-23-14(19-9)20-18-6-10-11(16)3-8(15)4-12(10)17/h3-4,6-7H,2,5H2,1H3,(H,19,20). The van der Waals surface area contributed by atoms with Crippen LogP contribution in [0.3, 0.4) is 0 Å². The van der Waals surface area contributed by atoms with Crippen molar-refractivity contribution in [3.8, 4) is 0 Å². The topological polar surface area (TPSA) is 63.6 Å². The largest absolute Gasteiger partial charge is 0.466 e. The zero-order valence-corrected chi connectivity index (χ0v) is 12.8. The average molecular weight is 343 g/mol. The third kappa shape index (κ3) is 4.78. The number of esters is 1. The van der Waals surface area contributed by atoms with Crippen molar-refractivity contribution < 1.29 is 22.7 Å². The quantitative estimate of drug-likeness (QED) is 0.497. The van der Waals surface area contributed by atoms with Crippen LogP contribution in [0.25, 0.3) is 0 Å². The van der Waals surface area contributed by atoms with Gasteiger partial charge < -0.3 is 4.74 Å². The summed E-state index contributed by atoms with van der Waals surface area (Å²) in [7, 11) is 0. The zero-order chi connectivity index (χ0) is 16.8. The van der Waals surface area contributed by atoms with Gasteiger partial charge in [-0.25, -0.2) is 18.2 Å². The molecule has 1 heterocycles. The van der Waals surface area contributed by atoms with Crippen molar-refractivity contribution in [3.05, 3.63) is 46.2 Å². The van der Waals surface area contributed by atoms with Gasteiger partial charge in [0.25, 0.3) is 0 Å². The Balaban J connectivity index is 1.99. The molecule has 5 nitrogen and oxygen atoms in total. The maximum Gasteiger partial charge on any atom is 0.311 e. The number of ether oxygens (including phenoxy) is 1. The third-order valence-corrected chi connectivity index (χ3v) is 3.38. The number of anilines is 1. The molecular weight excluding hydrogens is 331 g/mol. The van der Waals surface area contributed by atoms with Gasteiger partial charge in [0.05, 0.1) is 30.5 Å². The van der Waals surface area contributed by atoms with Gasteiger partial charge in [-0.15, -0.1) is 11.3 Å². The van der Waals surface area contributed by atoms with Crippen LogP contribution in [0.5, 0.6) is 0 Å². The predicted molar refractivity (Wildman–Crippen MR) is 80.0 cm³/mol. The van der Waals surface area contributed by atoms with E-state index in [4.69, 9.17) is 4.74 Å². The first-order valence-corrected chi connectivity index (χ1v) is 7.41. The molecule has 0 radical (unpaired) electrons. The summed E-state index contributed by atoms with van der Waals surface area (Å²) < 4.78 is 44.4. The highest BCUT2D eigenvalue weighted by molar-refractivity contribution is 7.13. The smallest absolute Gasteiger partial charge is 0.311 e. The molecule has 0 aliphatic heterocycles. The van der Waals surface area contributed by atoms with Crippen LogP contribution in [0.2, 0.25) is 0 Å². The lowest BCUT2D eigenvalue weighted by atomic mass is 10.2. The Morgan fingerprint density at radius 2 is 2.09 bits per heavy atom. The minimum atomic E-state index is -1.06. The maximum absolute atomic E-state index is 13.4. The van der Waals surface area contributed by atoms with Crippen LogP contribution in [0.15, 0.2) is 22.6 Å². The molecule has 0 fully saturated rings. The number of nitrogens with one attached hydrogen (secondary N) is 1. The van der Waals surface area contributed by atoms with Crippen molar-refractivity contribution >= 4 is 28.7 Å². The maximum atomic E-state index is 13.4. The second-order valence-electron chi connectivity index (χ2n) is 4.28. The fourth-order valence-electron chi connectivity index (χ4n) is 1.63. The fourth-order valence-corrected chi connectivity index (χ4v) is 2.29. The highest BCUT2D eigenvalue weighted by atomic mass is 32.1. The summed E-state index contributed by atoms with van der Waals surface area (Å²) in [5.74, 6) is -3.53. The number of carbonyl (C=O) groups excluding carboxylic acids is 1. The lowest BCUT2D eigenvalue weighted by Gasteiger charge is -1.99. The lowest BCUT2D eigenvalue weighted by Crippen LogP contribution is -2.07. The molecule has 122 valence electrons. The van der Waals surface area contributed by atoms with E-state index < -0.39 is 29.0 Å². The van der Waals surface area contributed by atoms with Crippen LogP contribution in [0.1, 0.15) is 18.2 Å². The first kappa shape index (κ1) is 16.9. The third-order valence-electron chi connectivity index (χ3n) is 2.58. The van der Waals surface area contributed by atoms with E-state index in [1.165, 1.54) is 0 Å². The van der Waals surface area contributed by atoms with E-state index in [1.807, 2.05) is 0 Å². The van der Waals surface area contributed by atoms with Gasteiger partial charge in [-0.1, -0.05) is 0 Å². The van der Waals surface area contributed by atoms with Gasteiger partial charge in [0, 0.05) is 17.5 Å². The number of thiazole rings is 1. The van der Waals surface area contributed by atoms with Gasteiger partial charge in [0.15, 0.2) is 0 Å². The number of hydrogen-bond acceptors (Lipinski definition) is 6. The monoisotopic (exact) mass is 343 g/mol. The van der Waals surface area contributed by atoms with Gasteiger partial charge >= 0.3 is 5.97 Å². The van der Waals surface area contributed by atoms with Gasteiger partial charge in [-0.05, 0) is 6.92 Å². The Morgan fingerprint density at radius 3 is 2.74 bits per heavy atom. The SMILES string of the molecule is CCOC(=O)Cc1csc(NN=Cc2c(F)cc(F)cc2F)n1. The van der Waals surface area contributed by atoms with Crippen molar-refractivity contribution in [3.63, 3.8) is 0 Å². The Morgan fingerprint density at radius 1 is 1.39 bits per heavy atom. The molecule has 1 aromatic carbocycles. The molecule has 0 aliphatic carbocycles. The van der Waals surface area contributed by atoms with Gasteiger partial charge in [-0.3, -0.25) is 10.2 Å². The molecule has 1 aromatic heterocycles. The summed E-state index contributed by atoms with van der Waals surface area (Å²) >= 11 is 1.16. The van der Waals surface area contributed by atoms with Gasteiger partial charge in [-0.2, -0.15) is 5.10 Å². The van der Waals surface area contributed by atoms with E-state index in [0.717, 1.165) is 17.6 Å². The number of hydrazone groups is 1.